The van der Waals surface area contributed by atoms with Crippen LogP contribution in [0.25, 0.3) is 22.3 Å². The normalized spacial score (nSPS) is 8.95. The van der Waals surface area contributed by atoms with Crippen LogP contribution in [-0.4, -0.2) is 0 Å². The molecule has 0 saturated heterocycles. The van der Waals surface area contributed by atoms with E-state index in [1.54, 1.807) is 0 Å². The molecule has 0 heteroatoms. The van der Waals surface area contributed by atoms with Crippen LogP contribution in [0.4, 0.5) is 0 Å². The molecule has 3 rings (SSSR count). The van der Waals surface area contributed by atoms with Crippen LogP contribution in [-0.2, 0) is 0 Å². The van der Waals surface area contributed by atoms with Gasteiger partial charge in [0.1, 0.15) is 0 Å². The van der Waals surface area contributed by atoms with E-state index in [0.717, 1.165) is 0 Å². The average Bonchev–Trinajstić information content (AvgIpc) is 2.48. The van der Waals surface area contributed by atoms with E-state index in [1.807, 2.05) is 0 Å². The smallest absolute Gasteiger partial charge is 0.0175 e. The zero-order valence-electron chi connectivity index (χ0n) is 11.0. The Labute approximate surface area is 136 Å². The van der Waals surface area contributed by atoms with Crippen LogP contribution in [0.1, 0.15) is 27.8 Å². The molecule has 0 aliphatic rings. The first kappa shape index (κ1) is 19.7. The molecule has 0 saturated carbocycles. The van der Waals surface area contributed by atoms with Crippen molar-refractivity contribution in [3.63, 3.8) is 0 Å². The summed E-state index contributed by atoms with van der Waals surface area (Å²) in [6.45, 7) is 2.15. The van der Waals surface area contributed by atoms with Gasteiger partial charge in [-0.1, -0.05) is 95.1 Å². The van der Waals surface area contributed by atoms with Crippen LogP contribution < -0.4 is 0 Å². The maximum Gasteiger partial charge on any atom is -0.0175 e. The summed E-state index contributed by atoms with van der Waals surface area (Å²) in [7, 11) is 0. The molecule has 0 heterocycles. The van der Waals surface area contributed by atoms with Gasteiger partial charge >= 0.3 is 0 Å². The minimum atomic E-state index is 0. The minimum absolute atomic E-state index is 0. The zero-order chi connectivity index (χ0) is 13.1. The molecule has 116 valence electrons. The largest absolute Gasteiger partial charge is 0.0776 e. The topological polar surface area (TPSA) is 0 Å². The lowest BCUT2D eigenvalue weighted by atomic mass is 9.97. The van der Waals surface area contributed by atoms with E-state index < -0.39 is 0 Å². The van der Waals surface area contributed by atoms with Gasteiger partial charge in [0.15, 0.2) is 0 Å². The zero-order valence-corrected chi connectivity index (χ0v) is 11.0. The van der Waals surface area contributed by atoms with E-state index in [4.69, 9.17) is 0 Å². The molecular formula is C22H28. The first-order chi connectivity index (χ1) is 9.33. The number of aryl methyl sites for hydroxylation is 1. The molecule has 0 spiro atoms. The van der Waals surface area contributed by atoms with Gasteiger partial charge in [-0.05, 0) is 40.8 Å². The molecule has 0 aliphatic carbocycles. The van der Waals surface area contributed by atoms with Crippen LogP contribution in [0.2, 0.25) is 0 Å². The maximum absolute atomic E-state index is 2.26. The van der Waals surface area contributed by atoms with Gasteiger partial charge in [-0.2, -0.15) is 0 Å². The second kappa shape index (κ2) is 8.84. The fraction of sp³-hybridized carbons (Fsp3) is 0.182. The Bertz CT molecular complexity index is 609. The van der Waals surface area contributed by atoms with E-state index in [-0.39, 0.29) is 22.3 Å². The minimum Gasteiger partial charge on any atom is -0.0776 e. The fourth-order valence-corrected chi connectivity index (χ4v) is 2.38. The summed E-state index contributed by atoms with van der Waals surface area (Å²) < 4.78 is 0. The maximum atomic E-state index is 2.26. The number of hydrogen-bond donors (Lipinski definition) is 0. The highest BCUT2D eigenvalue weighted by Gasteiger charge is 2.02. The van der Waals surface area contributed by atoms with E-state index in [9.17, 15) is 0 Å². The molecule has 0 atom stereocenters. The predicted octanol–water partition coefficient (Wildman–Crippen LogP) is 7.24. The Morgan fingerprint density at radius 1 is 0.455 bits per heavy atom. The second-order valence-electron chi connectivity index (χ2n) is 4.82. The molecule has 0 aliphatic heterocycles. The lowest BCUT2D eigenvalue weighted by molar-refractivity contribution is 1.46. The van der Waals surface area contributed by atoms with Crippen LogP contribution >= 0.6 is 0 Å². The lowest BCUT2D eigenvalue weighted by Crippen LogP contribution is -1.84. The summed E-state index contributed by atoms with van der Waals surface area (Å²) in [5.74, 6) is 0. The van der Waals surface area contributed by atoms with Crippen molar-refractivity contribution >= 4 is 0 Å². The monoisotopic (exact) mass is 292 g/mol. The third kappa shape index (κ3) is 4.33. The molecule has 0 N–H and O–H groups in total. The van der Waals surface area contributed by atoms with Crippen molar-refractivity contribution in [2.75, 3.05) is 0 Å². The molecular weight excluding hydrogens is 264 g/mol. The Morgan fingerprint density at radius 2 is 0.818 bits per heavy atom. The summed E-state index contributed by atoms with van der Waals surface area (Å²) in [5.41, 5.74) is 6.38. The van der Waals surface area contributed by atoms with Gasteiger partial charge in [-0.25, -0.2) is 0 Å². The summed E-state index contributed by atoms with van der Waals surface area (Å²) >= 11 is 0. The summed E-state index contributed by atoms with van der Waals surface area (Å²) in [6, 6.07) is 27.8. The molecule has 3 aromatic carbocycles. The van der Waals surface area contributed by atoms with E-state index >= 15 is 0 Å². The highest BCUT2D eigenvalue weighted by atomic mass is 14.1. The first-order valence-electron chi connectivity index (χ1n) is 6.55. The van der Waals surface area contributed by atoms with Gasteiger partial charge in [0, 0.05) is 0 Å². The van der Waals surface area contributed by atoms with Crippen molar-refractivity contribution in [2.24, 2.45) is 0 Å². The second-order valence-corrected chi connectivity index (χ2v) is 4.82. The van der Waals surface area contributed by atoms with Gasteiger partial charge in [-0.15, -0.1) is 0 Å². The summed E-state index contributed by atoms with van der Waals surface area (Å²) in [4.78, 5) is 0. The van der Waals surface area contributed by atoms with E-state index in [2.05, 4.69) is 85.8 Å². The van der Waals surface area contributed by atoms with Gasteiger partial charge in [0.2, 0.25) is 0 Å². The standard InChI is InChI=1S/C19H16.3CH4/c1-15-12-18(16-8-4-2-5-9-16)14-19(13-15)17-10-6-3-7-11-17;;;/h2-14H,1H3;3*1H4. The third-order valence-corrected chi connectivity index (χ3v) is 3.29. The number of benzene rings is 3. The van der Waals surface area contributed by atoms with Crippen molar-refractivity contribution in [1.82, 2.24) is 0 Å². The van der Waals surface area contributed by atoms with Crippen LogP contribution in [0, 0.1) is 6.92 Å². The molecule has 0 nitrogen and oxygen atoms in total. The van der Waals surface area contributed by atoms with Crippen LogP contribution in [0.15, 0.2) is 78.9 Å². The highest BCUT2D eigenvalue weighted by Crippen LogP contribution is 2.27. The van der Waals surface area contributed by atoms with Crippen molar-refractivity contribution in [1.29, 1.82) is 0 Å². The van der Waals surface area contributed by atoms with Gasteiger partial charge < -0.3 is 0 Å². The van der Waals surface area contributed by atoms with Crippen LogP contribution in [0.3, 0.4) is 0 Å². The van der Waals surface area contributed by atoms with E-state index in [1.165, 1.54) is 27.8 Å². The molecule has 0 fully saturated rings. The average molecular weight is 292 g/mol. The Morgan fingerprint density at radius 3 is 1.18 bits per heavy atom. The summed E-state index contributed by atoms with van der Waals surface area (Å²) in [6.07, 6.45) is 0. The van der Waals surface area contributed by atoms with Crippen molar-refractivity contribution in [3.05, 3.63) is 84.4 Å². The quantitative estimate of drug-likeness (QED) is 0.467. The van der Waals surface area contributed by atoms with Gasteiger partial charge in [0.25, 0.3) is 0 Å². The SMILES string of the molecule is C.C.C.Cc1cc(-c2ccccc2)cc(-c2ccccc2)c1. The molecule has 0 aromatic heterocycles. The molecule has 3 aromatic rings. The molecule has 22 heavy (non-hydrogen) atoms. The highest BCUT2D eigenvalue weighted by molar-refractivity contribution is 5.74. The predicted molar refractivity (Wildman–Crippen MR) is 102 cm³/mol. The Balaban J connectivity index is 0.00000147. The van der Waals surface area contributed by atoms with Gasteiger partial charge in [-0.3, -0.25) is 0 Å². The van der Waals surface area contributed by atoms with Crippen LogP contribution in [0.5, 0.6) is 0 Å². The fourth-order valence-electron chi connectivity index (χ4n) is 2.38. The lowest BCUT2D eigenvalue weighted by Gasteiger charge is -2.08. The Kier molecular flexibility index (Phi) is 7.90. The van der Waals surface area contributed by atoms with Crippen molar-refractivity contribution < 1.29 is 0 Å². The molecule has 0 amide bonds. The van der Waals surface area contributed by atoms with Gasteiger partial charge in [0.05, 0.1) is 0 Å². The van der Waals surface area contributed by atoms with Crippen molar-refractivity contribution in [3.8, 4) is 22.3 Å². The Hall–Kier alpha value is -2.34. The molecule has 0 bridgehead atoms. The van der Waals surface area contributed by atoms with E-state index in [0.29, 0.717) is 0 Å². The first-order valence-corrected chi connectivity index (χ1v) is 6.55. The summed E-state index contributed by atoms with van der Waals surface area (Å²) in [5, 5.41) is 0. The number of rotatable bonds is 2. The third-order valence-electron chi connectivity index (χ3n) is 3.29. The molecule has 0 radical (unpaired) electrons. The van der Waals surface area contributed by atoms with Crippen molar-refractivity contribution in [2.45, 2.75) is 29.2 Å². The number of hydrogen-bond acceptors (Lipinski definition) is 0. The molecule has 0 unspecified atom stereocenters.